The lowest BCUT2D eigenvalue weighted by atomic mass is 10.3. The summed E-state index contributed by atoms with van der Waals surface area (Å²) < 4.78 is 51.3. The fourth-order valence-corrected chi connectivity index (χ4v) is 2.35. The van der Waals surface area contributed by atoms with Gasteiger partial charge in [0.15, 0.2) is 0 Å². The summed E-state index contributed by atoms with van der Waals surface area (Å²) in [6.45, 7) is 0.862. The van der Waals surface area contributed by atoms with E-state index in [-0.39, 0.29) is 6.54 Å². The molecule has 1 aromatic rings. The number of sulfonamides is 1. The SMILES string of the molecule is CNCCCNS(=O)(=O)c1cc(F)cc(F)c1. The maximum Gasteiger partial charge on any atom is 0.240 e. The highest BCUT2D eigenvalue weighted by atomic mass is 32.2. The van der Waals surface area contributed by atoms with E-state index in [1.807, 2.05) is 0 Å². The molecule has 0 radical (unpaired) electrons. The Bertz CT molecular complexity index is 457. The van der Waals surface area contributed by atoms with Crippen molar-refractivity contribution in [1.29, 1.82) is 0 Å². The maximum atomic E-state index is 12.9. The third-order valence-electron chi connectivity index (χ3n) is 2.04. The van der Waals surface area contributed by atoms with E-state index in [4.69, 9.17) is 0 Å². The van der Waals surface area contributed by atoms with Crippen LogP contribution < -0.4 is 10.0 Å². The molecule has 0 saturated heterocycles. The zero-order valence-corrected chi connectivity index (χ0v) is 10.2. The van der Waals surface area contributed by atoms with Crippen LogP contribution in [-0.4, -0.2) is 28.6 Å². The molecular formula is C10H14F2N2O2S. The quantitative estimate of drug-likeness (QED) is 0.749. The minimum atomic E-state index is -3.84. The summed E-state index contributed by atoms with van der Waals surface area (Å²) in [4.78, 5) is -0.403. The highest BCUT2D eigenvalue weighted by Crippen LogP contribution is 2.13. The van der Waals surface area contributed by atoms with E-state index in [2.05, 4.69) is 10.0 Å². The molecular weight excluding hydrogens is 250 g/mol. The van der Waals surface area contributed by atoms with Crippen molar-refractivity contribution in [2.45, 2.75) is 11.3 Å². The van der Waals surface area contributed by atoms with Crippen LogP contribution in [0.5, 0.6) is 0 Å². The van der Waals surface area contributed by atoms with Crippen LogP contribution in [-0.2, 0) is 10.0 Å². The van der Waals surface area contributed by atoms with Gasteiger partial charge in [-0.25, -0.2) is 21.9 Å². The minimum absolute atomic E-state index is 0.210. The second-order valence-corrected chi connectivity index (χ2v) is 5.23. The van der Waals surface area contributed by atoms with Crippen LogP contribution in [0.2, 0.25) is 0 Å². The summed E-state index contributed by atoms with van der Waals surface area (Å²) in [6, 6.07) is 2.19. The monoisotopic (exact) mass is 264 g/mol. The normalized spacial score (nSPS) is 11.7. The standard InChI is InChI=1S/C10H14F2N2O2S/c1-13-3-2-4-14-17(15,16)10-6-8(11)5-9(12)7-10/h5-7,13-14H,2-4H2,1H3. The van der Waals surface area contributed by atoms with Gasteiger partial charge in [-0.05, 0) is 32.1 Å². The van der Waals surface area contributed by atoms with Crippen LogP contribution in [0.25, 0.3) is 0 Å². The van der Waals surface area contributed by atoms with Crippen LogP contribution >= 0.6 is 0 Å². The van der Waals surface area contributed by atoms with Crippen LogP contribution in [0.1, 0.15) is 6.42 Å². The van der Waals surface area contributed by atoms with Crippen LogP contribution in [0, 0.1) is 11.6 Å². The van der Waals surface area contributed by atoms with Gasteiger partial charge in [-0.1, -0.05) is 0 Å². The highest BCUT2D eigenvalue weighted by molar-refractivity contribution is 7.89. The van der Waals surface area contributed by atoms with E-state index in [1.54, 1.807) is 7.05 Å². The van der Waals surface area contributed by atoms with Crippen molar-refractivity contribution in [2.24, 2.45) is 0 Å². The molecule has 4 nitrogen and oxygen atoms in total. The molecule has 0 spiro atoms. The number of benzene rings is 1. The lowest BCUT2D eigenvalue weighted by Crippen LogP contribution is -2.27. The molecule has 0 amide bonds. The van der Waals surface area contributed by atoms with Gasteiger partial charge in [-0.2, -0.15) is 0 Å². The van der Waals surface area contributed by atoms with Crippen molar-refractivity contribution in [3.63, 3.8) is 0 Å². The van der Waals surface area contributed by atoms with Crippen LogP contribution in [0.4, 0.5) is 8.78 Å². The molecule has 96 valence electrons. The molecule has 0 atom stereocenters. The van der Waals surface area contributed by atoms with E-state index >= 15 is 0 Å². The van der Waals surface area contributed by atoms with Crippen molar-refractivity contribution < 1.29 is 17.2 Å². The number of rotatable bonds is 6. The molecule has 0 aliphatic carbocycles. The second-order valence-electron chi connectivity index (χ2n) is 3.46. The largest absolute Gasteiger partial charge is 0.320 e. The van der Waals surface area contributed by atoms with E-state index in [0.717, 1.165) is 12.1 Å². The van der Waals surface area contributed by atoms with Gasteiger partial charge in [0.2, 0.25) is 10.0 Å². The fourth-order valence-electron chi connectivity index (χ4n) is 1.24. The Hall–Kier alpha value is -1.05. The Labute approximate surface area is 99.1 Å². The molecule has 0 aliphatic heterocycles. The summed E-state index contributed by atoms with van der Waals surface area (Å²) in [6.07, 6.45) is 0.591. The maximum absolute atomic E-state index is 12.9. The lowest BCUT2D eigenvalue weighted by molar-refractivity contribution is 0.559. The summed E-state index contributed by atoms with van der Waals surface area (Å²) in [5.41, 5.74) is 0. The van der Waals surface area contributed by atoms with E-state index in [9.17, 15) is 17.2 Å². The van der Waals surface area contributed by atoms with Gasteiger partial charge in [0, 0.05) is 12.6 Å². The summed E-state index contributed by atoms with van der Waals surface area (Å²) in [5, 5.41) is 2.86. The zero-order valence-electron chi connectivity index (χ0n) is 9.33. The van der Waals surface area contributed by atoms with E-state index in [0.29, 0.717) is 19.0 Å². The van der Waals surface area contributed by atoms with Gasteiger partial charge in [-0.15, -0.1) is 0 Å². The molecule has 17 heavy (non-hydrogen) atoms. The Kier molecular flexibility index (Phi) is 4.98. The topological polar surface area (TPSA) is 58.2 Å². The zero-order chi connectivity index (χ0) is 12.9. The first-order valence-corrected chi connectivity index (χ1v) is 6.54. The number of hydrogen-bond donors (Lipinski definition) is 2. The molecule has 7 heteroatoms. The van der Waals surface area contributed by atoms with Gasteiger partial charge < -0.3 is 5.32 Å². The predicted octanol–water partition coefficient (Wildman–Crippen LogP) is 0.853. The van der Waals surface area contributed by atoms with Gasteiger partial charge in [0.25, 0.3) is 0 Å². The summed E-state index contributed by atoms with van der Waals surface area (Å²) >= 11 is 0. The number of hydrogen-bond acceptors (Lipinski definition) is 3. The third kappa shape index (κ3) is 4.37. The van der Waals surface area contributed by atoms with Crippen LogP contribution in [0.15, 0.2) is 23.1 Å². The third-order valence-corrected chi connectivity index (χ3v) is 3.48. The average Bonchev–Trinajstić information content (AvgIpc) is 2.23. The molecule has 0 bridgehead atoms. The predicted molar refractivity (Wildman–Crippen MR) is 60.1 cm³/mol. The molecule has 2 N–H and O–H groups in total. The Balaban J connectivity index is 2.75. The molecule has 1 rings (SSSR count). The van der Waals surface area contributed by atoms with Crippen LogP contribution in [0.3, 0.4) is 0 Å². The van der Waals surface area contributed by atoms with E-state index in [1.165, 1.54) is 0 Å². The van der Waals surface area contributed by atoms with Crippen molar-refractivity contribution in [1.82, 2.24) is 10.0 Å². The van der Waals surface area contributed by atoms with Crippen molar-refractivity contribution in [3.05, 3.63) is 29.8 Å². The summed E-state index contributed by atoms with van der Waals surface area (Å²) in [7, 11) is -2.10. The van der Waals surface area contributed by atoms with Gasteiger partial charge >= 0.3 is 0 Å². The Morgan fingerprint density at radius 1 is 1.12 bits per heavy atom. The minimum Gasteiger partial charge on any atom is -0.320 e. The number of nitrogens with one attached hydrogen (secondary N) is 2. The highest BCUT2D eigenvalue weighted by Gasteiger charge is 2.15. The molecule has 0 aliphatic rings. The lowest BCUT2D eigenvalue weighted by Gasteiger charge is -2.06. The van der Waals surface area contributed by atoms with Crippen molar-refractivity contribution >= 4 is 10.0 Å². The van der Waals surface area contributed by atoms with Gasteiger partial charge in [-0.3, -0.25) is 0 Å². The van der Waals surface area contributed by atoms with E-state index < -0.39 is 26.6 Å². The average molecular weight is 264 g/mol. The molecule has 0 fully saturated rings. The summed E-state index contributed by atoms with van der Waals surface area (Å²) in [5.74, 6) is -1.83. The first-order valence-electron chi connectivity index (χ1n) is 5.06. The Morgan fingerprint density at radius 2 is 1.71 bits per heavy atom. The molecule has 0 aromatic heterocycles. The first kappa shape index (κ1) is 14.0. The molecule has 0 heterocycles. The second kappa shape index (κ2) is 6.04. The first-order chi connectivity index (χ1) is 7.95. The van der Waals surface area contributed by atoms with Gasteiger partial charge in [0.05, 0.1) is 4.90 Å². The molecule has 0 unspecified atom stereocenters. The number of halogens is 2. The Morgan fingerprint density at radius 3 is 2.24 bits per heavy atom. The van der Waals surface area contributed by atoms with Crippen molar-refractivity contribution in [3.8, 4) is 0 Å². The fraction of sp³-hybridized carbons (Fsp3) is 0.400. The van der Waals surface area contributed by atoms with Gasteiger partial charge in [0.1, 0.15) is 11.6 Å². The van der Waals surface area contributed by atoms with Crippen molar-refractivity contribution in [2.75, 3.05) is 20.1 Å². The smallest absolute Gasteiger partial charge is 0.240 e. The molecule has 0 saturated carbocycles. The molecule has 1 aromatic carbocycles.